The summed E-state index contributed by atoms with van der Waals surface area (Å²) in [6.07, 6.45) is 3.23. The van der Waals surface area contributed by atoms with Crippen LogP contribution in [0.3, 0.4) is 0 Å². The van der Waals surface area contributed by atoms with Gasteiger partial charge in [-0.1, -0.05) is 66.7 Å². The third-order valence-corrected chi connectivity index (χ3v) is 9.43. The van der Waals surface area contributed by atoms with Crippen molar-refractivity contribution in [2.75, 3.05) is 83.7 Å². The van der Waals surface area contributed by atoms with Gasteiger partial charge in [0.15, 0.2) is 0 Å². The maximum Gasteiger partial charge on any atom is 0.295 e. The second-order valence-electron chi connectivity index (χ2n) is 12.8. The molecule has 0 amide bonds. The maximum absolute atomic E-state index is 12.6. The van der Waals surface area contributed by atoms with Gasteiger partial charge < -0.3 is 51.5 Å². The molecule has 19 nitrogen and oxygen atoms in total. The molecule has 0 fully saturated rings. The van der Waals surface area contributed by atoms with Crippen molar-refractivity contribution in [3.63, 3.8) is 0 Å². The number of aromatic nitrogens is 6. The molecule has 0 atom stereocenters. The fourth-order valence-electron chi connectivity index (χ4n) is 5.74. The van der Waals surface area contributed by atoms with Crippen LogP contribution < -0.4 is 31.1 Å². The van der Waals surface area contributed by atoms with Crippen molar-refractivity contribution in [3.05, 3.63) is 114 Å². The molecule has 2 aromatic heterocycles. The summed E-state index contributed by atoms with van der Waals surface area (Å²) in [7, 11) is -4.71. The van der Waals surface area contributed by atoms with Crippen LogP contribution >= 0.6 is 0 Å². The van der Waals surface area contributed by atoms with E-state index in [1.54, 1.807) is 52.3 Å². The zero-order chi connectivity index (χ0) is 42.3. The molecule has 0 bridgehead atoms. The van der Waals surface area contributed by atoms with Crippen LogP contribution in [0.15, 0.2) is 108 Å². The number of hydrogen-bond acceptors (Lipinski definition) is 18. The molecule has 0 aliphatic carbocycles. The predicted octanol–water partition coefficient (Wildman–Crippen LogP) is 4.03. The Morgan fingerprint density at radius 1 is 0.483 bits per heavy atom. The summed E-state index contributed by atoms with van der Waals surface area (Å²) in [4.78, 5) is 29.7. The molecule has 312 valence electrons. The summed E-state index contributed by atoms with van der Waals surface area (Å²) in [6.45, 7) is -0.148. The number of rotatable bonds is 21. The van der Waals surface area contributed by atoms with E-state index in [2.05, 4.69) is 51.2 Å². The van der Waals surface area contributed by atoms with Crippen molar-refractivity contribution in [2.24, 2.45) is 0 Å². The summed E-state index contributed by atoms with van der Waals surface area (Å²) < 4.78 is 35.5. The first-order chi connectivity index (χ1) is 29.1. The number of aliphatic hydroxyl groups is 4. The highest BCUT2D eigenvalue weighted by Gasteiger charge is 2.18. The standard InChI is InChI=1S/C40H44N12O7S/c53-23-19-51(20-24-54)39-47-35(41-30-7-3-1-4-8-30)45-37(49-39)43-32-16-12-28(13-17-32)11-14-29-15-18-33(27-34(29)60(57,58)59)44-38-46-36(42-31-9-5-2-6-10-31)48-40(50-38)52(21-25-55)22-26-56/h1-18,27,53-56H,19-26H2,(H,57,58,59)(H2,41,43,45,47,49)(H2,42,44,46,48,50). The van der Waals surface area contributed by atoms with Crippen LogP contribution in [-0.2, 0) is 10.1 Å². The van der Waals surface area contributed by atoms with Gasteiger partial charge in [0.25, 0.3) is 10.1 Å². The number of hydrogen-bond donors (Lipinski definition) is 9. The minimum atomic E-state index is -4.71. The minimum Gasteiger partial charge on any atom is -0.395 e. The lowest BCUT2D eigenvalue weighted by molar-refractivity contribution is 0.279. The maximum atomic E-state index is 12.6. The quantitative estimate of drug-likeness (QED) is 0.0366. The molecule has 0 aliphatic heterocycles. The smallest absolute Gasteiger partial charge is 0.295 e. The lowest BCUT2D eigenvalue weighted by Gasteiger charge is -2.21. The minimum absolute atomic E-state index is 0.0299. The van der Waals surface area contributed by atoms with E-state index in [9.17, 15) is 33.4 Å². The Bertz CT molecular complexity index is 2440. The second-order valence-corrected chi connectivity index (χ2v) is 14.2. The van der Waals surface area contributed by atoms with E-state index in [-0.39, 0.29) is 104 Å². The normalized spacial score (nSPS) is 11.3. The molecule has 6 rings (SSSR count). The summed E-state index contributed by atoms with van der Waals surface area (Å²) in [6, 6.07) is 30.0. The van der Waals surface area contributed by atoms with Gasteiger partial charge in [0.2, 0.25) is 35.7 Å². The Hall–Kier alpha value is -6.81. The van der Waals surface area contributed by atoms with Gasteiger partial charge >= 0.3 is 0 Å². The first kappa shape index (κ1) is 42.8. The molecule has 0 unspecified atom stereocenters. The van der Waals surface area contributed by atoms with E-state index < -0.39 is 10.1 Å². The molecule has 4 aromatic carbocycles. The van der Waals surface area contributed by atoms with Gasteiger partial charge in [0, 0.05) is 48.9 Å². The summed E-state index contributed by atoms with van der Waals surface area (Å²) in [5, 5.41) is 50.8. The number of aliphatic hydroxyl groups excluding tert-OH is 4. The second kappa shape index (κ2) is 20.7. The van der Waals surface area contributed by atoms with E-state index >= 15 is 0 Å². The van der Waals surface area contributed by atoms with E-state index in [0.29, 0.717) is 16.9 Å². The van der Waals surface area contributed by atoms with Gasteiger partial charge in [0.05, 0.1) is 26.4 Å². The number of para-hydroxylation sites is 2. The number of nitrogens with one attached hydrogen (secondary N) is 4. The zero-order valence-corrected chi connectivity index (χ0v) is 33.0. The first-order valence-corrected chi connectivity index (χ1v) is 20.1. The Labute approximate surface area is 346 Å². The van der Waals surface area contributed by atoms with Crippen molar-refractivity contribution >= 4 is 80.7 Å². The molecule has 60 heavy (non-hydrogen) atoms. The summed E-state index contributed by atoms with van der Waals surface area (Å²) >= 11 is 0. The van der Waals surface area contributed by atoms with Crippen LogP contribution in [0.5, 0.6) is 0 Å². The lowest BCUT2D eigenvalue weighted by atomic mass is 10.1. The van der Waals surface area contributed by atoms with Crippen LogP contribution in [0, 0.1) is 0 Å². The summed E-state index contributed by atoms with van der Waals surface area (Å²) in [5.41, 5.74) is 3.22. The number of anilines is 10. The lowest BCUT2D eigenvalue weighted by Crippen LogP contribution is -2.31. The average molecular weight is 837 g/mol. The third kappa shape index (κ3) is 12.1. The first-order valence-electron chi connectivity index (χ1n) is 18.7. The van der Waals surface area contributed by atoms with Gasteiger partial charge in [-0.25, -0.2) is 0 Å². The largest absolute Gasteiger partial charge is 0.395 e. The molecule has 0 saturated heterocycles. The van der Waals surface area contributed by atoms with Gasteiger partial charge in [-0.3, -0.25) is 4.55 Å². The molecule has 0 saturated carbocycles. The Balaban J connectivity index is 1.22. The molecule has 9 N–H and O–H groups in total. The summed E-state index contributed by atoms with van der Waals surface area (Å²) in [5.74, 6) is 1.03. The zero-order valence-electron chi connectivity index (χ0n) is 32.2. The van der Waals surface area contributed by atoms with Crippen molar-refractivity contribution < 1.29 is 33.4 Å². The van der Waals surface area contributed by atoms with Gasteiger partial charge in [-0.15, -0.1) is 0 Å². The number of nitrogens with zero attached hydrogens (tertiary/aromatic N) is 8. The van der Waals surface area contributed by atoms with E-state index in [1.165, 1.54) is 12.1 Å². The highest BCUT2D eigenvalue weighted by atomic mass is 32.2. The van der Waals surface area contributed by atoms with Crippen LogP contribution in [0.1, 0.15) is 11.1 Å². The van der Waals surface area contributed by atoms with Gasteiger partial charge in [-0.05, 0) is 59.7 Å². The van der Waals surface area contributed by atoms with Gasteiger partial charge in [-0.2, -0.15) is 38.3 Å². The van der Waals surface area contributed by atoms with Crippen LogP contribution in [-0.4, -0.2) is 116 Å². The highest BCUT2D eigenvalue weighted by Crippen LogP contribution is 2.27. The Kier molecular flexibility index (Phi) is 14.8. The monoisotopic (exact) mass is 836 g/mol. The fourth-order valence-corrected chi connectivity index (χ4v) is 6.45. The van der Waals surface area contributed by atoms with Gasteiger partial charge in [0.1, 0.15) is 4.90 Å². The Morgan fingerprint density at radius 2 is 0.867 bits per heavy atom. The molecule has 2 heterocycles. The molecule has 20 heteroatoms. The van der Waals surface area contributed by atoms with Crippen LogP contribution in [0.4, 0.5) is 58.4 Å². The molecule has 0 spiro atoms. The third-order valence-electron chi connectivity index (χ3n) is 8.52. The van der Waals surface area contributed by atoms with Crippen LogP contribution in [0.25, 0.3) is 12.2 Å². The van der Waals surface area contributed by atoms with Crippen molar-refractivity contribution in [3.8, 4) is 0 Å². The van der Waals surface area contributed by atoms with E-state index in [1.807, 2.05) is 60.7 Å². The van der Waals surface area contributed by atoms with Crippen molar-refractivity contribution in [1.29, 1.82) is 0 Å². The molecular formula is C40H44N12O7S. The molecular weight excluding hydrogens is 793 g/mol. The van der Waals surface area contributed by atoms with Crippen LogP contribution in [0.2, 0.25) is 0 Å². The fraction of sp³-hybridized carbons (Fsp3) is 0.200. The molecule has 0 radical (unpaired) electrons. The Morgan fingerprint density at radius 3 is 1.27 bits per heavy atom. The average Bonchev–Trinajstić information content (AvgIpc) is 3.24. The van der Waals surface area contributed by atoms with Crippen molar-refractivity contribution in [1.82, 2.24) is 29.9 Å². The number of benzene rings is 4. The molecule has 6 aromatic rings. The van der Waals surface area contributed by atoms with E-state index in [0.717, 1.165) is 5.69 Å². The highest BCUT2D eigenvalue weighted by molar-refractivity contribution is 7.86. The van der Waals surface area contributed by atoms with Crippen molar-refractivity contribution in [2.45, 2.75) is 4.90 Å². The topological polar surface area (TPSA) is 267 Å². The predicted molar refractivity (Wildman–Crippen MR) is 230 cm³/mol. The molecule has 0 aliphatic rings. The van der Waals surface area contributed by atoms with E-state index in [4.69, 9.17) is 0 Å². The SMILES string of the molecule is O=S(=O)(O)c1cc(Nc2nc(Nc3ccccc3)nc(N(CCO)CCO)n2)ccc1C=Cc1ccc(Nc2nc(Nc3ccccc3)nc(N(CCO)CCO)n2)cc1.